The summed E-state index contributed by atoms with van der Waals surface area (Å²) >= 11 is 0. The quantitative estimate of drug-likeness (QED) is 0.717. The van der Waals surface area contributed by atoms with Crippen LogP contribution < -0.4 is 4.74 Å². The maximum absolute atomic E-state index is 12.5. The zero-order valence-corrected chi connectivity index (χ0v) is 12.6. The Labute approximate surface area is 121 Å². The Morgan fingerprint density at radius 2 is 1.90 bits per heavy atom. The van der Waals surface area contributed by atoms with Crippen LogP contribution in [0.2, 0.25) is 0 Å². The molecule has 108 valence electrons. The summed E-state index contributed by atoms with van der Waals surface area (Å²) < 4.78 is 5.09. The minimum Gasteiger partial charge on any atom is -0.497 e. The van der Waals surface area contributed by atoms with Gasteiger partial charge in [-0.3, -0.25) is 9.69 Å². The number of carbonyl (C=O) groups is 1. The fourth-order valence-electron chi connectivity index (χ4n) is 2.23. The highest BCUT2D eigenvalue weighted by Gasteiger charge is 2.24. The van der Waals surface area contributed by atoms with Crippen LogP contribution in [0.3, 0.4) is 0 Å². The molecule has 0 fully saturated rings. The number of hydrogen-bond acceptors (Lipinski definition) is 4. The number of ether oxygens (including phenoxy) is 1. The molecule has 0 bridgehead atoms. The van der Waals surface area contributed by atoms with E-state index in [0.29, 0.717) is 18.5 Å². The number of rotatable bonds is 7. The summed E-state index contributed by atoms with van der Waals surface area (Å²) in [7, 11) is 1.60. The van der Waals surface area contributed by atoms with Crippen LogP contribution in [0.4, 0.5) is 0 Å². The summed E-state index contributed by atoms with van der Waals surface area (Å²) in [5.74, 6) is 0.804. The van der Waals surface area contributed by atoms with E-state index in [2.05, 4.69) is 11.0 Å². The molecule has 4 heteroatoms. The first-order valence-corrected chi connectivity index (χ1v) is 6.82. The van der Waals surface area contributed by atoms with E-state index in [1.807, 2.05) is 20.8 Å². The van der Waals surface area contributed by atoms with Crippen molar-refractivity contribution < 1.29 is 9.53 Å². The van der Waals surface area contributed by atoms with Crippen molar-refractivity contribution in [2.45, 2.75) is 39.3 Å². The van der Waals surface area contributed by atoms with E-state index in [1.165, 1.54) is 0 Å². The molecular weight excluding hydrogens is 252 g/mol. The van der Waals surface area contributed by atoms with Gasteiger partial charge in [-0.05, 0) is 45.0 Å². The third-order valence-electron chi connectivity index (χ3n) is 3.40. The molecule has 20 heavy (non-hydrogen) atoms. The zero-order valence-electron chi connectivity index (χ0n) is 12.6. The lowest BCUT2D eigenvalue weighted by molar-refractivity contribution is 0.0793. The van der Waals surface area contributed by atoms with Crippen LogP contribution in [0.1, 0.15) is 37.6 Å². The molecule has 0 amide bonds. The van der Waals surface area contributed by atoms with Gasteiger partial charge < -0.3 is 4.74 Å². The van der Waals surface area contributed by atoms with Gasteiger partial charge in [0, 0.05) is 24.6 Å². The number of hydrogen-bond donors (Lipinski definition) is 0. The lowest BCUT2D eigenvalue weighted by Crippen LogP contribution is -2.43. The average molecular weight is 274 g/mol. The van der Waals surface area contributed by atoms with E-state index in [1.54, 1.807) is 31.4 Å². The second kappa shape index (κ2) is 7.66. The van der Waals surface area contributed by atoms with Crippen molar-refractivity contribution in [3.63, 3.8) is 0 Å². The van der Waals surface area contributed by atoms with E-state index >= 15 is 0 Å². The Balaban J connectivity index is 2.84. The molecule has 1 rings (SSSR count). The number of ketones is 1. The van der Waals surface area contributed by atoms with Gasteiger partial charge in [0.25, 0.3) is 0 Å². The summed E-state index contributed by atoms with van der Waals surface area (Å²) in [6, 6.07) is 9.25. The van der Waals surface area contributed by atoms with Gasteiger partial charge in [-0.1, -0.05) is 0 Å². The highest BCUT2D eigenvalue weighted by atomic mass is 16.5. The molecule has 0 saturated carbocycles. The maximum Gasteiger partial charge on any atom is 0.179 e. The molecule has 4 nitrogen and oxygen atoms in total. The lowest BCUT2D eigenvalue weighted by atomic mass is 10.0. The van der Waals surface area contributed by atoms with Crippen molar-refractivity contribution in [2.75, 3.05) is 13.7 Å². The summed E-state index contributed by atoms with van der Waals surface area (Å²) in [6.07, 6.45) is 0.429. The van der Waals surface area contributed by atoms with Gasteiger partial charge in [0.05, 0.1) is 19.2 Å². The number of benzene rings is 1. The van der Waals surface area contributed by atoms with E-state index in [9.17, 15) is 4.79 Å². The molecule has 0 aliphatic heterocycles. The zero-order chi connectivity index (χ0) is 15.1. The average Bonchev–Trinajstić information content (AvgIpc) is 2.46. The first-order chi connectivity index (χ1) is 9.51. The summed E-state index contributed by atoms with van der Waals surface area (Å²) in [6.45, 7) is 6.57. The number of carbonyl (C=O) groups excluding carboxylic acids is 1. The smallest absolute Gasteiger partial charge is 0.179 e. The summed E-state index contributed by atoms with van der Waals surface area (Å²) in [5.41, 5.74) is 0.668. The van der Waals surface area contributed by atoms with Crippen LogP contribution in [-0.2, 0) is 0 Å². The molecule has 0 aliphatic carbocycles. The molecule has 0 N–H and O–H groups in total. The molecule has 1 aromatic carbocycles. The van der Waals surface area contributed by atoms with Gasteiger partial charge in [-0.2, -0.15) is 5.26 Å². The Hall–Kier alpha value is -1.86. The number of methoxy groups -OCH3 is 1. The third kappa shape index (κ3) is 4.07. The highest BCUT2D eigenvalue weighted by Crippen LogP contribution is 2.16. The Morgan fingerprint density at radius 3 is 2.35 bits per heavy atom. The van der Waals surface area contributed by atoms with E-state index in [4.69, 9.17) is 10.00 Å². The summed E-state index contributed by atoms with van der Waals surface area (Å²) in [4.78, 5) is 14.5. The fourth-order valence-corrected chi connectivity index (χ4v) is 2.23. The third-order valence-corrected chi connectivity index (χ3v) is 3.40. The topological polar surface area (TPSA) is 53.3 Å². The SMILES string of the molecule is COc1ccc(C(=O)C(C)N(CCC#N)C(C)C)cc1. The molecule has 0 spiro atoms. The van der Waals surface area contributed by atoms with Crippen molar-refractivity contribution in [3.05, 3.63) is 29.8 Å². The van der Waals surface area contributed by atoms with Crippen LogP contribution in [0.5, 0.6) is 5.75 Å². The molecule has 0 aliphatic rings. The minimum absolute atomic E-state index is 0.0688. The van der Waals surface area contributed by atoms with Crippen molar-refractivity contribution in [3.8, 4) is 11.8 Å². The van der Waals surface area contributed by atoms with E-state index in [-0.39, 0.29) is 17.9 Å². The van der Waals surface area contributed by atoms with Crippen molar-refractivity contribution in [1.82, 2.24) is 4.90 Å². The van der Waals surface area contributed by atoms with E-state index in [0.717, 1.165) is 5.75 Å². The number of nitriles is 1. The largest absolute Gasteiger partial charge is 0.497 e. The van der Waals surface area contributed by atoms with Crippen molar-refractivity contribution in [1.29, 1.82) is 5.26 Å². The van der Waals surface area contributed by atoms with Gasteiger partial charge in [0.2, 0.25) is 0 Å². The lowest BCUT2D eigenvalue weighted by Gasteiger charge is -2.31. The molecule has 0 radical (unpaired) electrons. The molecule has 1 atom stereocenters. The van der Waals surface area contributed by atoms with E-state index < -0.39 is 0 Å². The minimum atomic E-state index is -0.239. The first kappa shape index (κ1) is 16.2. The molecule has 0 aromatic heterocycles. The number of Topliss-reactive ketones (excluding diaryl/α,β-unsaturated/α-hetero) is 1. The normalized spacial score (nSPS) is 12.2. The Morgan fingerprint density at radius 1 is 1.30 bits per heavy atom. The van der Waals surface area contributed by atoms with Crippen LogP contribution in [0, 0.1) is 11.3 Å². The predicted octanol–water partition coefficient (Wildman–Crippen LogP) is 2.89. The highest BCUT2D eigenvalue weighted by molar-refractivity contribution is 5.99. The molecule has 0 saturated heterocycles. The first-order valence-electron chi connectivity index (χ1n) is 6.82. The predicted molar refractivity (Wildman–Crippen MR) is 78.9 cm³/mol. The molecule has 1 aromatic rings. The maximum atomic E-state index is 12.5. The van der Waals surface area contributed by atoms with Gasteiger partial charge in [-0.15, -0.1) is 0 Å². The molecular formula is C16H22N2O2. The number of nitrogens with zero attached hydrogens (tertiary/aromatic N) is 2. The Bertz CT molecular complexity index is 474. The van der Waals surface area contributed by atoms with Crippen LogP contribution >= 0.6 is 0 Å². The standard InChI is InChI=1S/C16H22N2O2/c1-12(2)18(11-5-10-17)13(3)16(19)14-6-8-15(20-4)9-7-14/h6-9,12-13H,5,11H2,1-4H3. The molecule has 0 heterocycles. The monoisotopic (exact) mass is 274 g/mol. The van der Waals surface area contributed by atoms with Gasteiger partial charge in [-0.25, -0.2) is 0 Å². The molecule has 1 unspecified atom stereocenters. The van der Waals surface area contributed by atoms with Crippen LogP contribution in [-0.4, -0.2) is 36.4 Å². The van der Waals surface area contributed by atoms with Crippen LogP contribution in [0.25, 0.3) is 0 Å². The van der Waals surface area contributed by atoms with Gasteiger partial charge in [0.15, 0.2) is 5.78 Å². The Kier molecular flexibility index (Phi) is 6.20. The van der Waals surface area contributed by atoms with Crippen LogP contribution in [0.15, 0.2) is 24.3 Å². The second-order valence-corrected chi connectivity index (χ2v) is 5.01. The fraction of sp³-hybridized carbons (Fsp3) is 0.500. The van der Waals surface area contributed by atoms with Crippen molar-refractivity contribution >= 4 is 5.78 Å². The van der Waals surface area contributed by atoms with Crippen molar-refractivity contribution in [2.24, 2.45) is 0 Å². The summed E-state index contributed by atoms with van der Waals surface area (Å²) in [5, 5.41) is 8.72. The van der Waals surface area contributed by atoms with Gasteiger partial charge in [0.1, 0.15) is 5.75 Å². The second-order valence-electron chi connectivity index (χ2n) is 5.01. The van der Waals surface area contributed by atoms with Gasteiger partial charge >= 0.3 is 0 Å².